The zero-order chi connectivity index (χ0) is 33.7. The van der Waals surface area contributed by atoms with E-state index in [0.29, 0.717) is 23.5 Å². The minimum atomic E-state index is -5.01. The van der Waals surface area contributed by atoms with Crippen LogP contribution in [0.25, 0.3) is 0 Å². The molecule has 0 spiro atoms. The first-order valence-corrected chi connectivity index (χ1v) is 15.4. The summed E-state index contributed by atoms with van der Waals surface area (Å²) in [6.45, 7) is 15.1. The van der Waals surface area contributed by atoms with Crippen LogP contribution < -0.4 is 14.7 Å². The molecule has 2 aromatic rings. The molecule has 2 aliphatic heterocycles. The minimum Gasteiger partial charge on any atom is -0.378 e. The van der Waals surface area contributed by atoms with Crippen LogP contribution in [0.1, 0.15) is 66.4 Å². The maximum atomic E-state index is 14.0. The third-order valence-corrected chi connectivity index (χ3v) is 9.48. The van der Waals surface area contributed by atoms with Crippen molar-refractivity contribution in [2.45, 2.75) is 72.5 Å². The lowest BCUT2D eigenvalue weighted by Gasteiger charge is -2.44. The fourth-order valence-corrected chi connectivity index (χ4v) is 6.19. The number of alkyl halides is 3. The number of carbonyl (C=O) groups is 2. The summed E-state index contributed by atoms with van der Waals surface area (Å²) >= 11 is 0. The van der Waals surface area contributed by atoms with E-state index in [9.17, 15) is 22.8 Å². The van der Waals surface area contributed by atoms with Crippen LogP contribution in [0.15, 0.2) is 72.1 Å². The Kier molecular flexibility index (Phi) is 9.01. The number of Topliss-reactive ketones (excluding diaryl/α,β-unsaturated/α-hetero) is 1. The van der Waals surface area contributed by atoms with Gasteiger partial charge in [0.25, 0.3) is 11.7 Å². The van der Waals surface area contributed by atoms with Gasteiger partial charge in [-0.05, 0) is 74.6 Å². The van der Waals surface area contributed by atoms with Crippen molar-refractivity contribution in [2.24, 2.45) is 10.8 Å². The fourth-order valence-electron chi connectivity index (χ4n) is 6.19. The van der Waals surface area contributed by atoms with E-state index in [4.69, 9.17) is 0 Å². The summed E-state index contributed by atoms with van der Waals surface area (Å²) in [7, 11) is 5.56. The molecular weight excluding hydrogens is 577 g/mol. The van der Waals surface area contributed by atoms with Crippen LogP contribution in [0.2, 0.25) is 0 Å². The van der Waals surface area contributed by atoms with Gasteiger partial charge in [-0.25, -0.2) is 0 Å². The highest BCUT2D eigenvalue weighted by Gasteiger charge is 2.50. The Hall–Kier alpha value is -3.75. The summed E-state index contributed by atoms with van der Waals surface area (Å²) < 4.78 is 41.7. The van der Waals surface area contributed by atoms with Crippen molar-refractivity contribution in [3.8, 4) is 0 Å². The van der Waals surface area contributed by atoms with E-state index in [-0.39, 0.29) is 22.4 Å². The molecular formula is C36H47F3N4O2. The van der Waals surface area contributed by atoms with Crippen molar-refractivity contribution in [3.63, 3.8) is 0 Å². The average Bonchev–Trinajstić information content (AvgIpc) is 2.94. The number of nitrogens with zero attached hydrogens (tertiary/aromatic N) is 4. The van der Waals surface area contributed by atoms with Crippen molar-refractivity contribution >= 4 is 28.8 Å². The molecule has 4 rings (SSSR count). The fraction of sp³-hybridized carbons (Fsp3) is 0.500. The largest absolute Gasteiger partial charge is 0.454 e. The molecule has 45 heavy (non-hydrogen) atoms. The molecule has 2 aromatic carbocycles. The monoisotopic (exact) mass is 624 g/mol. The van der Waals surface area contributed by atoms with Crippen LogP contribution in [0.4, 0.5) is 30.2 Å². The number of likely N-dealkylation sites (N-methyl/N-ethyl adjacent to an activating group) is 1. The second kappa shape index (κ2) is 11.9. The van der Waals surface area contributed by atoms with E-state index in [1.807, 2.05) is 73.7 Å². The Morgan fingerprint density at radius 1 is 0.867 bits per heavy atom. The molecule has 0 aromatic heterocycles. The van der Waals surface area contributed by atoms with Crippen LogP contribution in [-0.4, -0.2) is 62.5 Å². The summed E-state index contributed by atoms with van der Waals surface area (Å²) in [4.78, 5) is 34.3. The number of benzene rings is 2. The number of allylic oxidation sites excluding steroid dienone is 1. The molecule has 9 heteroatoms. The van der Waals surface area contributed by atoms with E-state index in [1.54, 1.807) is 30.7 Å². The normalized spacial score (nSPS) is 19.9. The van der Waals surface area contributed by atoms with Crippen molar-refractivity contribution in [3.05, 3.63) is 77.6 Å². The summed E-state index contributed by atoms with van der Waals surface area (Å²) in [5.74, 6) is -2.45. The molecule has 2 heterocycles. The Morgan fingerprint density at radius 2 is 1.49 bits per heavy atom. The molecule has 6 nitrogen and oxygen atoms in total. The summed E-state index contributed by atoms with van der Waals surface area (Å²) in [6.07, 6.45) is -0.841. The first-order valence-electron chi connectivity index (χ1n) is 15.4. The van der Waals surface area contributed by atoms with Crippen LogP contribution in [-0.2, 0) is 9.59 Å². The van der Waals surface area contributed by atoms with Gasteiger partial charge in [0, 0.05) is 91.7 Å². The molecule has 0 fully saturated rings. The van der Waals surface area contributed by atoms with E-state index in [2.05, 4.69) is 39.5 Å². The van der Waals surface area contributed by atoms with Gasteiger partial charge in [-0.3, -0.25) is 9.59 Å². The molecule has 0 saturated heterocycles. The summed E-state index contributed by atoms with van der Waals surface area (Å²) in [5.41, 5.74) is 1.84. The van der Waals surface area contributed by atoms with Gasteiger partial charge in [0.1, 0.15) is 0 Å². The highest BCUT2D eigenvalue weighted by molar-refractivity contribution is 6.06. The molecule has 0 saturated carbocycles. The van der Waals surface area contributed by atoms with Crippen molar-refractivity contribution < 1.29 is 22.8 Å². The Labute approximate surface area is 266 Å². The first-order chi connectivity index (χ1) is 20.6. The van der Waals surface area contributed by atoms with Gasteiger partial charge in [-0.2, -0.15) is 13.2 Å². The number of ketones is 1. The number of carbonyl (C=O) groups excluding carboxylic acids is 2. The number of rotatable bonds is 6. The number of amides is 1. The second-order valence-corrected chi connectivity index (χ2v) is 14.7. The maximum Gasteiger partial charge on any atom is 0.454 e. The lowest BCUT2D eigenvalue weighted by Crippen LogP contribution is -2.46. The zero-order valence-corrected chi connectivity index (χ0v) is 28.2. The van der Waals surface area contributed by atoms with Gasteiger partial charge in [0.15, 0.2) is 0 Å². The van der Waals surface area contributed by atoms with Crippen molar-refractivity contribution in [1.82, 2.24) is 4.90 Å². The number of halogens is 3. The third kappa shape index (κ3) is 6.92. The van der Waals surface area contributed by atoms with Crippen LogP contribution >= 0.6 is 0 Å². The number of anilines is 3. The number of hydrogen-bond acceptors (Lipinski definition) is 5. The molecule has 0 aliphatic carbocycles. The van der Waals surface area contributed by atoms with Crippen molar-refractivity contribution in [2.75, 3.05) is 48.9 Å². The zero-order valence-electron chi connectivity index (χ0n) is 28.2. The lowest BCUT2D eigenvalue weighted by atomic mass is 9.67. The van der Waals surface area contributed by atoms with Crippen molar-refractivity contribution in [1.29, 1.82) is 0 Å². The van der Waals surface area contributed by atoms with E-state index in [0.717, 1.165) is 24.2 Å². The average molecular weight is 625 g/mol. The van der Waals surface area contributed by atoms with E-state index < -0.39 is 23.3 Å². The molecule has 1 amide bonds. The highest BCUT2D eigenvalue weighted by Crippen LogP contribution is 2.49. The predicted molar refractivity (Wildman–Crippen MR) is 177 cm³/mol. The van der Waals surface area contributed by atoms with Gasteiger partial charge < -0.3 is 19.6 Å². The molecule has 1 atom stereocenters. The highest BCUT2D eigenvalue weighted by atomic mass is 19.4. The predicted octanol–water partition coefficient (Wildman–Crippen LogP) is 7.78. The topological polar surface area (TPSA) is 47.1 Å². The minimum absolute atomic E-state index is 0.121. The van der Waals surface area contributed by atoms with Crippen LogP contribution in [0.3, 0.4) is 0 Å². The molecule has 2 aliphatic rings. The maximum absolute atomic E-state index is 14.0. The molecule has 1 unspecified atom stereocenters. The molecule has 0 bridgehead atoms. The van der Waals surface area contributed by atoms with E-state index in [1.165, 1.54) is 6.20 Å². The second-order valence-electron chi connectivity index (χ2n) is 14.7. The molecule has 0 radical (unpaired) electrons. The first kappa shape index (κ1) is 34.1. The smallest absolute Gasteiger partial charge is 0.378 e. The van der Waals surface area contributed by atoms with Gasteiger partial charge in [-0.15, -0.1) is 0 Å². The Balaban J connectivity index is 1.74. The Morgan fingerprint density at radius 3 is 2.04 bits per heavy atom. The molecule has 0 N–H and O–H groups in total. The van der Waals surface area contributed by atoms with Crippen LogP contribution in [0, 0.1) is 10.8 Å². The Bertz CT molecular complexity index is 1500. The van der Waals surface area contributed by atoms with E-state index >= 15 is 0 Å². The van der Waals surface area contributed by atoms with Gasteiger partial charge in [-0.1, -0.05) is 39.8 Å². The van der Waals surface area contributed by atoms with Crippen LogP contribution in [0.5, 0.6) is 0 Å². The summed E-state index contributed by atoms with van der Waals surface area (Å²) in [5, 5.41) is 0. The standard InChI is InChI=1S/C36H47F3N4O2/c1-33(2,3)43-19-18-34(4,5)30(23-43)32(45)41(10)27-13-11-12-24(20-27)28-21-42(26-16-14-25(15-17-26)40(8)9)22-29(35(28,6)7)31(44)36(37,38)39/h11-17,20,22-23,28H,18-19,21H2,1-10H3. The third-order valence-electron chi connectivity index (χ3n) is 9.48. The van der Waals surface area contributed by atoms with Gasteiger partial charge in [0.05, 0.1) is 0 Å². The SMILES string of the molecule is CN(C)c1ccc(N2C=C(C(=O)C(F)(F)F)C(C)(C)C(c3cccc(N(C)C(=O)C4=CN(C(C)(C)C)CCC4(C)C)c3)C2)cc1. The molecule has 244 valence electrons. The lowest BCUT2D eigenvalue weighted by molar-refractivity contribution is -0.167. The number of hydrogen-bond donors (Lipinski definition) is 0. The van der Waals surface area contributed by atoms with Gasteiger partial charge >= 0.3 is 6.18 Å². The van der Waals surface area contributed by atoms with Gasteiger partial charge in [0.2, 0.25) is 0 Å². The summed E-state index contributed by atoms with van der Waals surface area (Å²) in [6, 6.07) is 14.9. The quantitative estimate of drug-likeness (QED) is 0.329.